The number of halogens is 1. The number of phenols is 1. The predicted octanol–water partition coefficient (Wildman–Crippen LogP) is 4.25. The van der Waals surface area contributed by atoms with Crippen LogP contribution >= 0.6 is 11.6 Å². The second-order valence-electron chi connectivity index (χ2n) is 4.76. The molecule has 7 heteroatoms. The lowest BCUT2D eigenvalue weighted by atomic mass is 10.2. The van der Waals surface area contributed by atoms with Gasteiger partial charge in [0.1, 0.15) is 0 Å². The molecule has 0 spiro atoms. The molecule has 114 valence electrons. The zero-order valence-corrected chi connectivity index (χ0v) is 12.4. The minimum absolute atomic E-state index is 0.152. The number of phenolic OH excluding ortho intramolecular Hbond substituents is 1. The number of fused-ring (bicyclic) bond motifs is 1. The van der Waals surface area contributed by atoms with Gasteiger partial charge < -0.3 is 5.11 Å². The fourth-order valence-electron chi connectivity index (χ4n) is 2.13. The van der Waals surface area contributed by atoms with E-state index in [1.54, 1.807) is 12.3 Å². The Labute approximate surface area is 135 Å². The van der Waals surface area contributed by atoms with Crippen molar-refractivity contribution in [1.29, 1.82) is 0 Å². The number of aromatic nitrogens is 1. The van der Waals surface area contributed by atoms with Crippen molar-refractivity contribution in [1.82, 2.24) is 4.98 Å². The summed E-state index contributed by atoms with van der Waals surface area (Å²) >= 11 is 5.84. The largest absolute Gasteiger partial charge is 0.502 e. The minimum atomic E-state index is -0.694. The van der Waals surface area contributed by atoms with Crippen LogP contribution in [0.3, 0.4) is 0 Å². The van der Waals surface area contributed by atoms with E-state index in [0.717, 1.165) is 17.0 Å². The van der Waals surface area contributed by atoms with E-state index in [0.29, 0.717) is 5.69 Å². The van der Waals surface area contributed by atoms with Crippen LogP contribution in [-0.4, -0.2) is 21.2 Å². The molecule has 0 aliphatic carbocycles. The van der Waals surface area contributed by atoms with Gasteiger partial charge in [-0.1, -0.05) is 17.7 Å². The van der Waals surface area contributed by atoms with Crippen LogP contribution in [0.2, 0.25) is 5.02 Å². The highest BCUT2D eigenvalue weighted by Gasteiger charge is 2.17. The first kappa shape index (κ1) is 14.9. The second-order valence-corrected chi connectivity index (χ2v) is 5.19. The van der Waals surface area contributed by atoms with Gasteiger partial charge in [0.25, 0.3) is 0 Å². The zero-order chi connectivity index (χ0) is 16.4. The summed E-state index contributed by atoms with van der Waals surface area (Å²) in [5.74, 6) is -0.467. The number of aliphatic imine (C=N–C) groups is 1. The van der Waals surface area contributed by atoms with Gasteiger partial charge in [0, 0.05) is 34.5 Å². The van der Waals surface area contributed by atoms with Crippen molar-refractivity contribution in [3.63, 3.8) is 0 Å². The van der Waals surface area contributed by atoms with Crippen molar-refractivity contribution in [2.24, 2.45) is 4.99 Å². The molecule has 1 N–H and O–H groups in total. The number of nitro groups is 1. The highest BCUT2D eigenvalue weighted by Crippen LogP contribution is 2.32. The number of aromatic hydroxyl groups is 1. The monoisotopic (exact) mass is 327 g/mol. The van der Waals surface area contributed by atoms with E-state index in [2.05, 4.69) is 9.98 Å². The Balaban J connectivity index is 2.00. The normalized spacial score (nSPS) is 11.2. The summed E-state index contributed by atoms with van der Waals surface area (Å²) in [4.78, 5) is 18.6. The van der Waals surface area contributed by atoms with Crippen LogP contribution in [0, 0.1) is 10.1 Å². The molecule has 0 bridgehead atoms. The van der Waals surface area contributed by atoms with Crippen LogP contribution in [-0.2, 0) is 0 Å². The molecule has 1 aromatic heterocycles. The average molecular weight is 328 g/mol. The minimum Gasteiger partial charge on any atom is -0.502 e. The van der Waals surface area contributed by atoms with Gasteiger partial charge in [-0.25, -0.2) is 0 Å². The van der Waals surface area contributed by atoms with Gasteiger partial charge >= 0.3 is 5.69 Å². The quantitative estimate of drug-likeness (QED) is 0.442. The smallest absolute Gasteiger partial charge is 0.312 e. The van der Waals surface area contributed by atoms with Crippen LogP contribution in [0.1, 0.15) is 5.56 Å². The van der Waals surface area contributed by atoms with Crippen molar-refractivity contribution in [3.8, 4) is 5.75 Å². The Morgan fingerprint density at radius 1 is 1.26 bits per heavy atom. The Morgan fingerprint density at radius 2 is 2.09 bits per heavy atom. The summed E-state index contributed by atoms with van der Waals surface area (Å²) < 4.78 is 0. The van der Waals surface area contributed by atoms with Gasteiger partial charge in [0.2, 0.25) is 5.75 Å². The summed E-state index contributed by atoms with van der Waals surface area (Å²) in [6.45, 7) is 0. The van der Waals surface area contributed by atoms with Crippen LogP contribution in [0.4, 0.5) is 11.4 Å². The predicted molar refractivity (Wildman–Crippen MR) is 88.8 cm³/mol. The number of hydrogen-bond acceptors (Lipinski definition) is 5. The second kappa shape index (κ2) is 6.02. The third-order valence-electron chi connectivity index (χ3n) is 3.22. The Morgan fingerprint density at radius 3 is 2.87 bits per heavy atom. The lowest BCUT2D eigenvalue weighted by molar-refractivity contribution is -0.385. The van der Waals surface area contributed by atoms with Crippen molar-refractivity contribution in [2.75, 3.05) is 0 Å². The summed E-state index contributed by atoms with van der Waals surface area (Å²) in [5.41, 5.74) is 1.19. The van der Waals surface area contributed by atoms with E-state index in [4.69, 9.17) is 11.6 Å². The summed E-state index contributed by atoms with van der Waals surface area (Å²) in [5, 5.41) is 21.9. The van der Waals surface area contributed by atoms with Crippen molar-refractivity contribution >= 4 is 40.1 Å². The lowest BCUT2D eigenvalue weighted by Crippen LogP contribution is -1.92. The molecule has 1 heterocycles. The zero-order valence-electron chi connectivity index (χ0n) is 11.7. The van der Waals surface area contributed by atoms with E-state index >= 15 is 0 Å². The molecule has 0 saturated carbocycles. The molecule has 3 aromatic rings. The third kappa shape index (κ3) is 3.12. The first-order chi connectivity index (χ1) is 11.0. The first-order valence-corrected chi connectivity index (χ1v) is 6.98. The topological polar surface area (TPSA) is 88.6 Å². The van der Waals surface area contributed by atoms with Crippen LogP contribution in [0.5, 0.6) is 5.75 Å². The molecule has 0 aliphatic heterocycles. The van der Waals surface area contributed by atoms with E-state index in [-0.39, 0.29) is 10.6 Å². The maximum atomic E-state index is 10.9. The first-order valence-electron chi connectivity index (χ1n) is 6.60. The number of rotatable bonds is 3. The molecule has 0 unspecified atom stereocenters. The maximum absolute atomic E-state index is 10.9. The van der Waals surface area contributed by atoms with Gasteiger partial charge in [-0.05, 0) is 30.3 Å². The number of pyridine rings is 1. The van der Waals surface area contributed by atoms with Crippen LogP contribution < -0.4 is 0 Å². The number of nitro benzene ring substituents is 1. The molecule has 0 aliphatic rings. The summed E-state index contributed by atoms with van der Waals surface area (Å²) in [6.07, 6.45) is 3.04. The maximum Gasteiger partial charge on any atom is 0.312 e. The Bertz CT molecular complexity index is 941. The number of hydrogen-bond donors (Lipinski definition) is 1. The summed E-state index contributed by atoms with van der Waals surface area (Å²) in [7, 11) is 0. The molecule has 23 heavy (non-hydrogen) atoms. The number of nitrogens with zero attached hydrogens (tertiary/aromatic N) is 3. The van der Waals surface area contributed by atoms with E-state index in [1.807, 2.05) is 24.3 Å². The standard InChI is InChI=1S/C16H10ClN3O3/c17-12-6-11(16(21)15(8-12)20(22)23)9-19-13-3-4-14-10(7-13)2-1-5-18-14/h1-9,21H. The van der Waals surface area contributed by atoms with Gasteiger partial charge in [-0.2, -0.15) is 0 Å². The molecular formula is C16H10ClN3O3. The highest BCUT2D eigenvalue weighted by molar-refractivity contribution is 6.31. The molecule has 3 rings (SSSR count). The SMILES string of the molecule is O=[N+]([O-])c1cc(Cl)cc(C=Nc2ccc3ncccc3c2)c1O. The van der Waals surface area contributed by atoms with Crippen LogP contribution in [0.15, 0.2) is 53.7 Å². The highest BCUT2D eigenvalue weighted by atomic mass is 35.5. The molecule has 0 fully saturated rings. The van der Waals surface area contributed by atoms with E-state index in [1.165, 1.54) is 12.3 Å². The molecule has 0 saturated heterocycles. The van der Waals surface area contributed by atoms with Crippen LogP contribution in [0.25, 0.3) is 10.9 Å². The van der Waals surface area contributed by atoms with Gasteiger partial charge in [0.05, 0.1) is 16.1 Å². The van der Waals surface area contributed by atoms with Crippen molar-refractivity contribution in [2.45, 2.75) is 0 Å². The fourth-order valence-corrected chi connectivity index (χ4v) is 2.35. The van der Waals surface area contributed by atoms with Crippen molar-refractivity contribution in [3.05, 3.63) is 69.4 Å². The Kier molecular flexibility index (Phi) is 3.91. The lowest BCUT2D eigenvalue weighted by Gasteiger charge is -2.02. The molecular weight excluding hydrogens is 318 g/mol. The number of benzene rings is 2. The van der Waals surface area contributed by atoms with Gasteiger partial charge in [-0.3, -0.25) is 20.1 Å². The van der Waals surface area contributed by atoms with Gasteiger partial charge in [-0.15, -0.1) is 0 Å². The molecule has 0 atom stereocenters. The van der Waals surface area contributed by atoms with E-state index < -0.39 is 16.4 Å². The van der Waals surface area contributed by atoms with Crippen molar-refractivity contribution < 1.29 is 10.0 Å². The molecule has 2 aromatic carbocycles. The molecule has 6 nitrogen and oxygen atoms in total. The average Bonchev–Trinajstić information content (AvgIpc) is 2.55. The summed E-state index contributed by atoms with van der Waals surface area (Å²) in [6, 6.07) is 11.6. The third-order valence-corrected chi connectivity index (χ3v) is 3.44. The Hall–Kier alpha value is -2.99. The van der Waals surface area contributed by atoms with E-state index in [9.17, 15) is 15.2 Å². The molecule has 0 amide bonds. The van der Waals surface area contributed by atoms with Gasteiger partial charge in [0.15, 0.2) is 0 Å². The fraction of sp³-hybridized carbons (Fsp3) is 0. The molecule has 0 radical (unpaired) electrons.